The van der Waals surface area contributed by atoms with E-state index in [9.17, 15) is 18.7 Å². The van der Waals surface area contributed by atoms with Gasteiger partial charge >= 0.3 is 0 Å². The first-order chi connectivity index (χ1) is 11.5. The van der Waals surface area contributed by atoms with Crippen molar-refractivity contribution >= 4 is 5.91 Å². The van der Waals surface area contributed by atoms with Crippen LogP contribution in [0.3, 0.4) is 0 Å². The van der Waals surface area contributed by atoms with Gasteiger partial charge in [-0.25, -0.2) is 8.78 Å². The van der Waals surface area contributed by atoms with Gasteiger partial charge in [0.15, 0.2) is 11.6 Å². The Bertz CT molecular complexity index is 605. The van der Waals surface area contributed by atoms with Crippen molar-refractivity contribution in [2.24, 2.45) is 0 Å². The van der Waals surface area contributed by atoms with Gasteiger partial charge in [-0.05, 0) is 44.8 Å². The fraction of sp³-hybridized carbons (Fsp3) is 0.611. The molecule has 0 aromatic heterocycles. The molecule has 0 spiro atoms. The molecule has 0 aliphatic carbocycles. The second kappa shape index (κ2) is 7.15. The number of likely N-dealkylation sites (tertiary alicyclic amines) is 2. The maximum absolute atomic E-state index is 13.8. The van der Waals surface area contributed by atoms with Gasteiger partial charge in [0.1, 0.15) is 0 Å². The van der Waals surface area contributed by atoms with E-state index >= 15 is 0 Å². The number of rotatable bonds is 4. The van der Waals surface area contributed by atoms with Crippen LogP contribution in [0.5, 0.6) is 0 Å². The molecule has 4 nitrogen and oxygen atoms in total. The van der Waals surface area contributed by atoms with Crippen LogP contribution in [0, 0.1) is 11.6 Å². The lowest BCUT2D eigenvalue weighted by Crippen LogP contribution is -2.55. The number of carbonyl (C=O) groups is 1. The summed E-state index contributed by atoms with van der Waals surface area (Å²) in [6.07, 6.45) is 3.52. The predicted octanol–water partition coefficient (Wildman–Crippen LogP) is 1.96. The molecule has 2 fully saturated rings. The van der Waals surface area contributed by atoms with Gasteiger partial charge in [-0.15, -0.1) is 0 Å². The van der Waals surface area contributed by atoms with Crippen LogP contribution in [0.2, 0.25) is 0 Å². The second-order valence-corrected chi connectivity index (χ2v) is 7.02. The highest BCUT2D eigenvalue weighted by atomic mass is 19.2. The summed E-state index contributed by atoms with van der Waals surface area (Å²) in [5.41, 5.74) is -0.840. The smallest absolute Gasteiger partial charge is 0.227 e. The molecule has 3 rings (SSSR count). The maximum atomic E-state index is 13.8. The Kier molecular flexibility index (Phi) is 5.15. The number of halogens is 2. The highest BCUT2D eigenvalue weighted by Gasteiger charge is 2.37. The van der Waals surface area contributed by atoms with Gasteiger partial charge in [-0.2, -0.15) is 0 Å². The van der Waals surface area contributed by atoms with Gasteiger partial charge in [-0.3, -0.25) is 4.79 Å². The molecule has 0 saturated carbocycles. The summed E-state index contributed by atoms with van der Waals surface area (Å²) < 4.78 is 27.0. The number of hydrogen-bond acceptors (Lipinski definition) is 3. The van der Waals surface area contributed by atoms with Crippen LogP contribution in [-0.2, 0) is 11.2 Å². The summed E-state index contributed by atoms with van der Waals surface area (Å²) in [5.74, 6) is -2.17. The third kappa shape index (κ3) is 3.92. The van der Waals surface area contributed by atoms with Gasteiger partial charge in [0, 0.05) is 18.7 Å². The first-order valence-electron chi connectivity index (χ1n) is 8.62. The van der Waals surface area contributed by atoms with Crippen molar-refractivity contribution in [2.45, 2.75) is 37.7 Å². The molecule has 1 unspecified atom stereocenters. The van der Waals surface area contributed by atoms with Crippen LogP contribution in [0.15, 0.2) is 18.2 Å². The molecule has 2 aliphatic rings. The van der Waals surface area contributed by atoms with E-state index in [1.807, 2.05) is 0 Å². The maximum Gasteiger partial charge on any atom is 0.227 e. The Hall–Kier alpha value is -1.53. The molecule has 1 N–H and O–H groups in total. The summed E-state index contributed by atoms with van der Waals surface area (Å²) in [7, 11) is 0. The molecular formula is C18H24F2N2O2. The molecule has 1 aromatic carbocycles. The van der Waals surface area contributed by atoms with Crippen molar-refractivity contribution < 1.29 is 18.7 Å². The van der Waals surface area contributed by atoms with Crippen LogP contribution in [0.25, 0.3) is 0 Å². The summed E-state index contributed by atoms with van der Waals surface area (Å²) in [6.45, 7) is 3.37. The molecule has 1 aromatic rings. The van der Waals surface area contributed by atoms with Gasteiger partial charge in [0.25, 0.3) is 0 Å². The molecule has 2 saturated heterocycles. The average Bonchev–Trinajstić information content (AvgIpc) is 3.04. The summed E-state index contributed by atoms with van der Waals surface area (Å²) >= 11 is 0. The summed E-state index contributed by atoms with van der Waals surface area (Å²) in [6, 6.07) is 3.87. The van der Waals surface area contributed by atoms with Crippen LogP contribution >= 0.6 is 0 Å². The quantitative estimate of drug-likeness (QED) is 0.913. The van der Waals surface area contributed by atoms with Crippen LogP contribution in [0.4, 0.5) is 8.78 Å². The molecule has 24 heavy (non-hydrogen) atoms. The number of β-amino-alcohol motifs (C(OH)–C–C–N with tert-alkyl or cyclic N) is 1. The summed E-state index contributed by atoms with van der Waals surface area (Å²) in [5, 5.41) is 10.8. The second-order valence-electron chi connectivity index (χ2n) is 7.02. The lowest BCUT2D eigenvalue weighted by Gasteiger charge is -2.41. The van der Waals surface area contributed by atoms with Crippen molar-refractivity contribution in [3.05, 3.63) is 35.4 Å². The van der Waals surface area contributed by atoms with E-state index in [0.717, 1.165) is 38.4 Å². The first kappa shape index (κ1) is 17.3. The van der Waals surface area contributed by atoms with Crippen molar-refractivity contribution in [1.29, 1.82) is 0 Å². The lowest BCUT2D eigenvalue weighted by molar-refractivity contribution is -0.138. The SMILES string of the molecule is O=C(Cc1cccc(F)c1F)N1CCCC(O)(CN2CCCC2)C1. The van der Waals surface area contributed by atoms with Gasteiger partial charge in [0.05, 0.1) is 18.6 Å². The van der Waals surface area contributed by atoms with Crippen LogP contribution in [-0.4, -0.2) is 59.1 Å². The molecule has 0 radical (unpaired) electrons. The number of nitrogens with zero attached hydrogens (tertiary/aromatic N) is 2. The largest absolute Gasteiger partial charge is 0.387 e. The minimum atomic E-state index is -0.963. The number of piperidine rings is 1. The van der Waals surface area contributed by atoms with Gasteiger partial charge in [0.2, 0.25) is 5.91 Å². The van der Waals surface area contributed by atoms with Crippen molar-refractivity contribution in [2.75, 3.05) is 32.7 Å². The van der Waals surface area contributed by atoms with Crippen LogP contribution in [0.1, 0.15) is 31.2 Å². The zero-order valence-electron chi connectivity index (χ0n) is 13.8. The Morgan fingerprint density at radius 2 is 1.92 bits per heavy atom. The highest BCUT2D eigenvalue weighted by molar-refractivity contribution is 5.79. The number of hydrogen-bond donors (Lipinski definition) is 1. The van der Waals surface area contributed by atoms with E-state index in [4.69, 9.17) is 0 Å². The topological polar surface area (TPSA) is 43.8 Å². The van der Waals surface area contributed by atoms with Crippen molar-refractivity contribution in [3.63, 3.8) is 0 Å². The Balaban J connectivity index is 1.63. The Morgan fingerprint density at radius 1 is 1.17 bits per heavy atom. The Labute approximate surface area is 141 Å². The number of benzene rings is 1. The van der Waals surface area contributed by atoms with E-state index in [1.54, 1.807) is 4.90 Å². The zero-order valence-corrected chi connectivity index (χ0v) is 13.8. The third-order valence-corrected chi connectivity index (χ3v) is 5.00. The molecule has 6 heteroatoms. The lowest BCUT2D eigenvalue weighted by atomic mass is 9.91. The van der Waals surface area contributed by atoms with Gasteiger partial charge < -0.3 is 14.9 Å². The highest BCUT2D eigenvalue weighted by Crippen LogP contribution is 2.25. The van der Waals surface area contributed by atoms with Crippen molar-refractivity contribution in [1.82, 2.24) is 9.80 Å². The molecular weight excluding hydrogens is 314 g/mol. The van der Waals surface area contributed by atoms with E-state index in [1.165, 1.54) is 12.1 Å². The van der Waals surface area contributed by atoms with E-state index in [0.29, 0.717) is 19.5 Å². The predicted molar refractivity (Wildman–Crippen MR) is 86.5 cm³/mol. The molecule has 2 heterocycles. The van der Waals surface area contributed by atoms with E-state index < -0.39 is 17.2 Å². The third-order valence-electron chi connectivity index (χ3n) is 5.00. The molecule has 1 atom stereocenters. The fourth-order valence-corrected chi connectivity index (χ4v) is 3.77. The average molecular weight is 338 g/mol. The molecule has 2 aliphatic heterocycles. The zero-order chi connectivity index (χ0) is 17.2. The first-order valence-corrected chi connectivity index (χ1v) is 8.62. The van der Waals surface area contributed by atoms with Crippen molar-refractivity contribution in [3.8, 4) is 0 Å². The number of carbonyl (C=O) groups excluding carboxylic acids is 1. The number of amides is 1. The monoisotopic (exact) mass is 338 g/mol. The summed E-state index contributed by atoms with van der Waals surface area (Å²) in [4.78, 5) is 16.3. The minimum absolute atomic E-state index is 0.0636. The standard InChI is InChI=1S/C18H24F2N2O2/c19-15-6-3-5-14(17(15)20)11-16(23)22-10-4-7-18(24,13-22)12-21-8-1-2-9-21/h3,5-6,24H,1-2,4,7-13H2. The number of aliphatic hydroxyl groups is 1. The Morgan fingerprint density at radius 3 is 2.67 bits per heavy atom. The van der Waals surface area contributed by atoms with E-state index in [-0.39, 0.29) is 24.4 Å². The minimum Gasteiger partial charge on any atom is -0.387 e. The molecule has 1 amide bonds. The molecule has 132 valence electrons. The fourth-order valence-electron chi connectivity index (χ4n) is 3.77. The van der Waals surface area contributed by atoms with E-state index in [2.05, 4.69) is 4.90 Å². The van der Waals surface area contributed by atoms with Gasteiger partial charge in [-0.1, -0.05) is 12.1 Å². The normalized spacial score (nSPS) is 25.2. The molecule has 0 bridgehead atoms. The van der Waals surface area contributed by atoms with Crippen LogP contribution < -0.4 is 0 Å².